The van der Waals surface area contributed by atoms with E-state index in [0.717, 1.165) is 52.4 Å². The lowest BCUT2D eigenvalue weighted by molar-refractivity contribution is -0.0323. The lowest BCUT2D eigenvalue weighted by atomic mass is 9.89. The molecule has 2 aliphatic rings. The van der Waals surface area contributed by atoms with E-state index in [1.54, 1.807) is 21.3 Å². The minimum Gasteiger partial charge on any atom is -0.497 e. The summed E-state index contributed by atoms with van der Waals surface area (Å²) in [4.78, 5) is 24.9. The number of anilines is 3. The fourth-order valence-electron chi connectivity index (χ4n) is 5.38. The maximum atomic E-state index is 13.4. The molecule has 0 unspecified atom stereocenters. The molecule has 11 heteroatoms. The number of nitrogens with zero attached hydrogens (tertiary/aromatic N) is 4. The number of imidazole rings is 1. The number of amides is 1. The van der Waals surface area contributed by atoms with Gasteiger partial charge in [0, 0.05) is 44.1 Å². The van der Waals surface area contributed by atoms with Gasteiger partial charge in [-0.25, -0.2) is 19.3 Å². The SMILES string of the molecule is COCc1cc2cc(c1)Nc1cc(N(C)Cc3ccc(OC)cc3OC)c3ncn(c3n1)C(=O)N[C@@H]1CC[C@H]1OC2. The first-order chi connectivity index (χ1) is 19.9. The van der Waals surface area contributed by atoms with Crippen molar-refractivity contribution in [3.63, 3.8) is 0 Å². The number of benzene rings is 2. The monoisotopic (exact) mass is 558 g/mol. The number of nitrogens with one attached hydrogen (secondary N) is 2. The molecule has 6 rings (SSSR count). The fraction of sp³-hybridized carbons (Fsp3) is 0.367. The van der Waals surface area contributed by atoms with Crippen LogP contribution in [0.15, 0.2) is 48.8 Å². The fourth-order valence-corrected chi connectivity index (χ4v) is 5.38. The summed E-state index contributed by atoms with van der Waals surface area (Å²) in [7, 11) is 6.93. The van der Waals surface area contributed by atoms with Crippen LogP contribution in [0.3, 0.4) is 0 Å². The molecule has 1 aliphatic carbocycles. The molecule has 1 amide bonds. The number of carbonyl (C=O) groups excluding carboxylic acids is 1. The third-order valence-corrected chi connectivity index (χ3v) is 7.64. The van der Waals surface area contributed by atoms with Crippen LogP contribution in [0.4, 0.5) is 22.0 Å². The van der Waals surface area contributed by atoms with E-state index in [1.165, 1.54) is 10.9 Å². The van der Waals surface area contributed by atoms with Crippen LogP contribution in [0.1, 0.15) is 29.5 Å². The van der Waals surface area contributed by atoms with Crippen molar-refractivity contribution in [3.8, 4) is 11.5 Å². The summed E-state index contributed by atoms with van der Waals surface area (Å²) >= 11 is 0. The van der Waals surface area contributed by atoms with E-state index < -0.39 is 0 Å². The summed E-state index contributed by atoms with van der Waals surface area (Å²) in [6.45, 7) is 1.44. The molecule has 41 heavy (non-hydrogen) atoms. The number of hydrogen-bond donors (Lipinski definition) is 2. The number of fused-ring (bicyclic) bond motifs is 4. The van der Waals surface area contributed by atoms with Crippen molar-refractivity contribution in [2.24, 2.45) is 0 Å². The highest BCUT2D eigenvalue weighted by Gasteiger charge is 2.34. The van der Waals surface area contributed by atoms with Crippen molar-refractivity contribution < 1.29 is 23.7 Å². The van der Waals surface area contributed by atoms with Crippen molar-refractivity contribution in [1.82, 2.24) is 19.9 Å². The van der Waals surface area contributed by atoms with Crippen molar-refractivity contribution >= 4 is 34.4 Å². The minimum absolute atomic E-state index is 0.0520. The zero-order valence-corrected chi connectivity index (χ0v) is 23.6. The van der Waals surface area contributed by atoms with Gasteiger partial charge in [-0.15, -0.1) is 0 Å². The van der Waals surface area contributed by atoms with Gasteiger partial charge in [0.1, 0.15) is 29.2 Å². The molecule has 2 N–H and O–H groups in total. The molecule has 0 spiro atoms. The molecule has 0 radical (unpaired) electrons. The molecule has 1 saturated carbocycles. The average molecular weight is 559 g/mol. The van der Waals surface area contributed by atoms with Gasteiger partial charge in [0.25, 0.3) is 0 Å². The molecule has 1 fully saturated rings. The Balaban J connectivity index is 1.43. The molecule has 2 aromatic carbocycles. The Morgan fingerprint density at radius 2 is 1.98 bits per heavy atom. The summed E-state index contributed by atoms with van der Waals surface area (Å²) < 4.78 is 24.1. The normalized spacial score (nSPS) is 18.1. The van der Waals surface area contributed by atoms with Gasteiger partial charge < -0.3 is 34.5 Å². The molecule has 214 valence electrons. The Kier molecular flexibility index (Phi) is 7.38. The second kappa shape index (κ2) is 11.3. The summed E-state index contributed by atoms with van der Waals surface area (Å²) in [5, 5.41) is 6.57. The van der Waals surface area contributed by atoms with E-state index >= 15 is 0 Å². The number of carbonyl (C=O) groups is 1. The highest BCUT2D eigenvalue weighted by Crippen LogP contribution is 2.33. The van der Waals surface area contributed by atoms with Crippen LogP contribution in [-0.4, -0.2) is 61.1 Å². The van der Waals surface area contributed by atoms with E-state index in [4.69, 9.17) is 23.9 Å². The molecule has 4 bridgehead atoms. The number of ether oxygens (including phenoxy) is 4. The highest BCUT2D eigenvalue weighted by molar-refractivity contribution is 5.95. The maximum absolute atomic E-state index is 13.4. The van der Waals surface area contributed by atoms with Crippen LogP contribution >= 0.6 is 0 Å². The Bertz CT molecular complexity index is 1590. The first kappa shape index (κ1) is 26.9. The third-order valence-electron chi connectivity index (χ3n) is 7.64. The van der Waals surface area contributed by atoms with Crippen LogP contribution in [0.5, 0.6) is 11.5 Å². The second-order valence-corrected chi connectivity index (χ2v) is 10.4. The molecule has 2 aromatic heterocycles. The Labute approximate surface area is 238 Å². The summed E-state index contributed by atoms with van der Waals surface area (Å²) in [5.74, 6) is 2.02. The number of hydrogen-bond acceptors (Lipinski definition) is 9. The molecule has 2 atom stereocenters. The predicted octanol–water partition coefficient (Wildman–Crippen LogP) is 4.59. The molecular weight excluding hydrogens is 524 g/mol. The Morgan fingerprint density at radius 3 is 2.73 bits per heavy atom. The van der Waals surface area contributed by atoms with Gasteiger partial charge in [-0.3, -0.25) is 0 Å². The number of aromatic nitrogens is 3. The average Bonchev–Trinajstić information content (AvgIpc) is 3.38. The molecular formula is C30H34N6O5. The minimum atomic E-state index is -0.279. The predicted molar refractivity (Wildman–Crippen MR) is 155 cm³/mol. The van der Waals surface area contributed by atoms with Crippen LogP contribution in [-0.2, 0) is 29.2 Å². The summed E-state index contributed by atoms with van der Waals surface area (Å²) in [5.41, 5.74) is 5.76. The van der Waals surface area contributed by atoms with Crippen LogP contribution in [0.25, 0.3) is 11.2 Å². The molecule has 4 aromatic rings. The lowest BCUT2D eigenvalue weighted by Crippen LogP contribution is -2.52. The highest BCUT2D eigenvalue weighted by atomic mass is 16.5. The lowest BCUT2D eigenvalue weighted by Gasteiger charge is -2.36. The van der Waals surface area contributed by atoms with E-state index in [9.17, 15) is 4.79 Å². The van der Waals surface area contributed by atoms with Crippen LogP contribution < -0.4 is 25.0 Å². The van der Waals surface area contributed by atoms with E-state index in [2.05, 4.69) is 32.7 Å². The van der Waals surface area contributed by atoms with Gasteiger partial charge in [0.05, 0.1) is 45.3 Å². The number of pyridine rings is 1. The standard InChI is InChI=1S/C30H34N6O5/c1-35(14-20-5-6-22(39-3)12-26(20)40-4)24-13-27-32-21-10-18(15-38-2)9-19(11-21)16-41-25-8-7-23(25)33-30(37)36-17-31-28(24)29(36)34-27/h5-6,9-13,17,23,25H,7-8,14-16H2,1-4H3,(H,32,34)(H,33,37)/t23-,25-/m1/s1. The van der Waals surface area contributed by atoms with E-state index in [-0.39, 0.29) is 18.2 Å². The Hall–Kier alpha value is -4.35. The van der Waals surface area contributed by atoms with E-state index in [1.807, 2.05) is 37.4 Å². The summed E-state index contributed by atoms with van der Waals surface area (Å²) in [6, 6.07) is 13.5. The quantitative estimate of drug-likeness (QED) is 0.336. The molecule has 0 saturated heterocycles. The molecule has 3 heterocycles. The van der Waals surface area contributed by atoms with Gasteiger partial charge in [-0.1, -0.05) is 6.07 Å². The number of rotatable bonds is 7. The second-order valence-electron chi connectivity index (χ2n) is 10.4. The van der Waals surface area contributed by atoms with Crippen LogP contribution in [0.2, 0.25) is 0 Å². The molecule has 11 nitrogen and oxygen atoms in total. The van der Waals surface area contributed by atoms with Crippen molar-refractivity contribution in [1.29, 1.82) is 0 Å². The molecule has 1 aliphatic heterocycles. The first-order valence-electron chi connectivity index (χ1n) is 13.6. The zero-order chi connectivity index (χ0) is 28.5. The number of methoxy groups -OCH3 is 3. The van der Waals surface area contributed by atoms with Crippen molar-refractivity contribution in [3.05, 3.63) is 65.5 Å². The third kappa shape index (κ3) is 5.38. The summed E-state index contributed by atoms with van der Waals surface area (Å²) in [6.07, 6.45) is 3.23. The largest absolute Gasteiger partial charge is 0.497 e. The Morgan fingerprint density at radius 1 is 1.10 bits per heavy atom. The van der Waals surface area contributed by atoms with Gasteiger partial charge >= 0.3 is 6.03 Å². The van der Waals surface area contributed by atoms with Crippen molar-refractivity contribution in [2.45, 2.75) is 44.7 Å². The van der Waals surface area contributed by atoms with Crippen molar-refractivity contribution in [2.75, 3.05) is 38.6 Å². The van der Waals surface area contributed by atoms with Crippen LogP contribution in [0, 0.1) is 0 Å². The van der Waals surface area contributed by atoms with Gasteiger partial charge in [-0.05, 0) is 48.2 Å². The maximum Gasteiger partial charge on any atom is 0.328 e. The van der Waals surface area contributed by atoms with Gasteiger partial charge in [0.2, 0.25) is 0 Å². The van der Waals surface area contributed by atoms with E-state index in [0.29, 0.717) is 36.7 Å². The van der Waals surface area contributed by atoms with Gasteiger partial charge in [0.15, 0.2) is 5.65 Å². The topological polar surface area (TPSA) is 112 Å². The first-order valence-corrected chi connectivity index (χ1v) is 13.6. The van der Waals surface area contributed by atoms with Gasteiger partial charge in [-0.2, -0.15) is 0 Å². The smallest absolute Gasteiger partial charge is 0.328 e. The zero-order valence-electron chi connectivity index (χ0n) is 23.6.